The van der Waals surface area contributed by atoms with Crippen LogP contribution >= 0.6 is 11.8 Å². The first kappa shape index (κ1) is 45.3. The summed E-state index contributed by atoms with van der Waals surface area (Å²) in [5.41, 5.74) is 6.26. The molecule has 0 spiro atoms. The molecule has 1 aromatic rings. The van der Waals surface area contributed by atoms with Crippen molar-refractivity contribution >= 4 is 47.0 Å². The molecule has 1 unspecified atom stereocenters. The zero-order valence-electron chi connectivity index (χ0n) is 29.5. The first-order valence-electron chi connectivity index (χ1n) is 16.9. The van der Waals surface area contributed by atoms with Crippen LogP contribution in [-0.2, 0) is 42.9 Å². The van der Waals surface area contributed by atoms with E-state index in [1.807, 2.05) is 0 Å². The number of nitrogens with one attached hydrogen (secondary N) is 4. The molecule has 0 aliphatic rings. The zero-order chi connectivity index (χ0) is 37.5. The van der Waals surface area contributed by atoms with Crippen molar-refractivity contribution in [2.45, 2.75) is 51.0 Å². The smallest absolute Gasteiger partial charge is 0.326 e. The average Bonchev–Trinajstić information content (AvgIpc) is 3.10. The minimum absolute atomic E-state index is 0.00396. The van der Waals surface area contributed by atoms with Gasteiger partial charge in [0, 0.05) is 57.5 Å². The fraction of sp³-hybridized carbons (Fsp3) is 0.618. The second-order valence-corrected chi connectivity index (χ2v) is 12.0. The molecule has 1 rings (SSSR count). The van der Waals surface area contributed by atoms with Crippen LogP contribution in [-0.4, -0.2) is 125 Å². The Morgan fingerprint density at radius 2 is 1.45 bits per heavy atom. The third-order valence-electron chi connectivity index (χ3n) is 6.76. The highest BCUT2D eigenvalue weighted by molar-refractivity contribution is 7.99. The molecule has 0 aromatic heterocycles. The molecule has 17 heteroatoms. The number of hydrogen-bond donors (Lipinski definition) is 6. The van der Waals surface area contributed by atoms with E-state index in [-0.39, 0.29) is 55.3 Å². The summed E-state index contributed by atoms with van der Waals surface area (Å²) >= 11 is 1.18. The summed E-state index contributed by atoms with van der Waals surface area (Å²) in [5.74, 6) is -1.79. The van der Waals surface area contributed by atoms with Gasteiger partial charge in [0.15, 0.2) is 0 Å². The van der Waals surface area contributed by atoms with Crippen LogP contribution in [0.5, 0.6) is 0 Å². The van der Waals surface area contributed by atoms with Crippen molar-refractivity contribution in [2.24, 2.45) is 5.73 Å². The van der Waals surface area contributed by atoms with Crippen molar-refractivity contribution in [3.05, 3.63) is 42.2 Å². The van der Waals surface area contributed by atoms with Crippen LogP contribution in [0, 0.1) is 0 Å². The summed E-state index contributed by atoms with van der Waals surface area (Å²) in [6, 6.07) is 5.28. The van der Waals surface area contributed by atoms with Gasteiger partial charge >= 0.3 is 5.97 Å². The molecule has 1 aromatic carbocycles. The number of carboxylic acid groups (broad SMARTS) is 1. The molecule has 7 N–H and O–H groups in total. The van der Waals surface area contributed by atoms with E-state index in [4.69, 9.17) is 29.4 Å². The van der Waals surface area contributed by atoms with E-state index >= 15 is 0 Å². The summed E-state index contributed by atoms with van der Waals surface area (Å²) in [6.45, 7) is 8.31. The third-order valence-corrected chi connectivity index (χ3v) is 7.51. The Morgan fingerprint density at radius 1 is 0.824 bits per heavy atom. The lowest BCUT2D eigenvalue weighted by molar-refractivity contribution is -0.141. The predicted molar refractivity (Wildman–Crippen MR) is 193 cm³/mol. The highest BCUT2D eigenvalue weighted by atomic mass is 32.2. The summed E-state index contributed by atoms with van der Waals surface area (Å²) in [4.78, 5) is 60.5. The standard InChI is InChI=1S/C34H55N5O11S/c1-26(23-46-2)50-25-51-24-32(42)39-29(34(44)45)7-3-4-15-37-33(43)27-8-10-28(11-9-27)38-31(41)13-12-30(40)36-16-6-18-48-20-22-49-21-19-47-17-5-14-35/h8-11,29H,1,3-7,12-25,35H2,2H3,(H,36,40)(H,37,43)(H,38,41)(H,39,42)(H,44,45). The van der Waals surface area contributed by atoms with Gasteiger partial charge in [0.1, 0.15) is 24.3 Å². The van der Waals surface area contributed by atoms with Crippen LogP contribution in [0.1, 0.15) is 55.3 Å². The van der Waals surface area contributed by atoms with Gasteiger partial charge in [-0.25, -0.2) is 4.79 Å². The normalized spacial score (nSPS) is 11.3. The molecule has 0 bridgehead atoms. The number of benzene rings is 1. The summed E-state index contributed by atoms with van der Waals surface area (Å²) < 4.78 is 26.3. The molecule has 0 aliphatic carbocycles. The largest absolute Gasteiger partial charge is 0.485 e. The molecule has 0 heterocycles. The monoisotopic (exact) mass is 741 g/mol. The number of methoxy groups -OCH3 is 1. The molecule has 4 amide bonds. The van der Waals surface area contributed by atoms with Crippen molar-refractivity contribution in [3.63, 3.8) is 0 Å². The molecular formula is C34H55N5O11S. The lowest BCUT2D eigenvalue weighted by Crippen LogP contribution is -2.41. The fourth-order valence-electron chi connectivity index (χ4n) is 4.11. The van der Waals surface area contributed by atoms with Gasteiger partial charge in [-0.2, -0.15) is 0 Å². The number of anilines is 1. The maximum absolute atomic E-state index is 12.5. The van der Waals surface area contributed by atoms with Gasteiger partial charge in [-0.3, -0.25) is 19.2 Å². The highest BCUT2D eigenvalue weighted by Gasteiger charge is 2.19. The van der Waals surface area contributed by atoms with E-state index in [1.165, 1.54) is 18.9 Å². The third kappa shape index (κ3) is 25.0. The van der Waals surface area contributed by atoms with Gasteiger partial charge in [0.25, 0.3) is 5.91 Å². The van der Waals surface area contributed by atoms with E-state index in [9.17, 15) is 29.1 Å². The Hall–Kier alpha value is -3.74. The predicted octanol–water partition coefficient (Wildman–Crippen LogP) is 1.65. The Bertz CT molecular complexity index is 1170. The lowest BCUT2D eigenvalue weighted by Gasteiger charge is -2.15. The van der Waals surface area contributed by atoms with Gasteiger partial charge in [0.05, 0.1) is 32.2 Å². The SMILES string of the molecule is C=C(COC)OCSCC(=O)NC(CCCCNC(=O)c1ccc(NC(=O)CCC(=O)NCCCOCCOCCOCCCN)cc1)C(=O)O. The van der Waals surface area contributed by atoms with E-state index in [0.717, 1.165) is 6.42 Å². The Kier molecular flexibility index (Phi) is 26.6. The number of ether oxygens (including phenoxy) is 5. The summed E-state index contributed by atoms with van der Waals surface area (Å²) in [6.07, 6.45) is 2.68. The average molecular weight is 742 g/mol. The number of hydrogen-bond acceptors (Lipinski definition) is 12. The summed E-state index contributed by atoms with van der Waals surface area (Å²) in [5, 5.41) is 20.2. The molecule has 288 valence electrons. The van der Waals surface area contributed by atoms with Gasteiger partial charge in [-0.15, -0.1) is 11.8 Å². The van der Waals surface area contributed by atoms with Crippen molar-refractivity contribution in [2.75, 3.05) is 90.0 Å². The van der Waals surface area contributed by atoms with Gasteiger partial charge in [0.2, 0.25) is 17.7 Å². The molecule has 0 saturated heterocycles. The second kappa shape index (κ2) is 29.9. The number of aliphatic carboxylic acids is 1. The topological polar surface area (TPSA) is 226 Å². The van der Waals surface area contributed by atoms with Crippen LogP contribution < -0.4 is 27.0 Å². The van der Waals surface area contributed by atoms with Crippen LogP contribution in [0.25, 0.3) is 0 Å². The zero-order valence-corrected chi connectivity index (χ0v) is 30.4. The first-order chi connectivity index (χ1) is 24.7. The molecule has 0 radical (unpaired) electrons. The number of thioether (sulfide) groups is 1. The molecule has 16 nitrogen and oxygen atoms in total. The molecule has 51 heavy (non-hydrogen) atoms. The number of nitrogens with two attached hydrogens (primary N) is 1. The van der Waals surface area contributed by atoms with Crippen LogP contribution in [0.15, 0.2) is 36.6 Å². The van der Waals surface area contributed by atoms with Gasteiger partial charge < -0.3 is 55.8 Å². The first-order valence-corrected chi connectivity index (χ1v) is 18.1. The number of carboxylic acids is 1. The maximum atomic E-state index is 12.5. The van der Waals surface area contributed by atoms with Crippen molar-refractivity contribution in [1.82, 2.24) is 16.0 Å². The van der Waals surface area contributed by atoms with Crippen molar-refractivity contribution < 1.29 is 52.8 Å². The van der Waals surface area contributed by atoms with E-state index < -0.39 is 17.9 Å². The molecule has 0 fully saturated rings. The quantitative estimate of drug-likeness (QED) is 0.0351. The summed E-state index contributed by atoms with van der Waals surface area (Å²) in [7, 11) is 1.51. The van der Waals surface area contributed by atoms with Gasteiger partial charge in [-0.05, 0) is 62.9 Å². The maximum Gasteiger partial charge on any atom is 0.326 e. The number of amides is 4. The fourth-order valence-corrected chi connectivity index (χ4v) is 4.71. The Labute approximate surface area is 304 Å². The molecule has 0 aliphatic heterocycles. The number of carbonyl (C=O) groups is 5. The number of rotatable bonds is 32. The van der Waals surface area contributed by atoms with Crippen LogP contribution in [0.2, 0.25) is 0 Å². The van der Waals surface area contributed by atoms with Gasteiger partial charge in [-0.1, -0.05) is 6.58 Å². The van der Waals surface area contributed by atoms with E-state index in [2.05, 4.69) is 27.8 Å². The lowest BCUT2D eigenvalue weighted by atomic mass is 10.1. The second-order valence-electron chi connectivity index (χ2n) is 11.1. The number of unbranched alkanes of at least 4 members (excludes halogenated alkanes) is 1. The van der Waals surface area contributed by atoms with Crippen LogP contribution in [0.4, 0.5) is 5.69 Å². The molecule has 0 saturated carbocycles. The molecule has 1 atom stereocenters. The highest BCUT2D eigenvalue weighted by Crippen LogP contribution is 2.11. The van der Waals surface area contributed by atoms with Crippen molar-refractivity contribution in [3.8, 4) is 0 Å². The van der Waals surface area contributed by atoms with Crippen molar-refractivity contribution in [1.29, 1.82) is 0 Å². The Morgan fingerprint density at radius 3 is 2.10 bits per heavy atom. The number of carbonyl (C=O) groups excluding carboxylic acids is 4. The van der Waals surface area contributed by atoms with E-state index in [1.54, 1.807) is 24.3 Å². The Balaban J connectivity index is 2.16. The minimum atomic E-state index is -1.13. The van der Waals surface area contributed by atoms with E-state index in [0.29, 0.717) is 95.5 Å². The minimum Gasteiger partial charge on any atom is -0.485 e. The van der Waals surface area contributed by atoms with Crippen LogP contribution in [0.3, 0.4) is 0 Å². The molecular weight excluding hydrogens is 686 g/mol.